The maximum Gasteiger partial charge on any atom is 0.253 e. The number of aliphatic imine (C=N–C) groups is 1. The van der Waals surface area contributed by atoms with Crippen molar-refractivity contribution >= 4 is 41.5 Å². The average Bonchev–Trinajstić information content (AvgIpc) is 3.26. The molecular formula is C22H28FIN4O2. The Hall–Kier alpha value is -2.20. The molecule has 0 aliphatic carbocycles. The highest BCUT2D eigenvalue weighted by Gasteiger charge is 2.23. The first-order chi connectivity index (χ1) is 14.1. The molecule has 0 aromatic heterocycles. The summed E-state index contributed by atoms with van der Waals surface area (Å²) in [4.78, 5) is 16.4. The molecule has 1 aliphatic rings. The van der Waals surface area contributed by atoms with E-state index < -0.39 is 0 Å². The number of carbonyl (C=O) groups excluding carboxylic acids is 1. The van der Waals surface area contributed by atoms with Crippen molar-refractivity contribution in [2.24, 2.45) is 4.99 Å². The standard InChI is InChI=1S/C22H27FN4O2.HI/c1-24-22(25-11-10-16-5-2-7-18(23)13-16)26-15-17-6-3-8-19(14-17)27-21(28)20-9-4-12-29-20;/h2-3,5-8,13-14,20H,4,9-12,15H2,1H3,(H,27,28)(H2,24,25,26);1H. The molecule has 162 valence electrons. The molecular weight excluding hydrogens is 498 g/mol. The van der Waals surface area contributed by atoms with Gasteiger partial charge in [0.1, 0.15) is 11.9 Å². The first-order valence-electron chi connectivity index (χ1n) is 9.84. The van der Waals surface area contributed by atoms with Gasteiger partial charge in [0.15, 0.2) is 5.96 Å². The molecule has 0 spiro atoms. The van der Waals surface area contributed by atoms with Crippen molar-refractivity contribution < 1.29 is 13.9 Å². The van der Waals surface area contributed by atoms with E-state index in [0.717, 1.165) is 29.7 Å². The summed E-state index contributed by atoms with van der Waals surface area (Å²) >= 11 is 0. The van der Waals surface area contributed by atoms with Gasteiger partial charge in [-0.1, -0.05) is 24.3 Å². The van der Waals surface area contributed by atoms with Crippen molar-refractivity contribution in [1.29, 1.82) is 0 Å². The fraction of sp³-hybridized carbons (Fsp3) is 0.364. The van der Waals surface area contributed by atoms with E-state index in [4.69, 9.17) is 4.74 Å². The van der Waals surface area contributed by atoms with Crippen LogP contribution in [0, 0.1) is 5.82 Å². The molecule has 3 rings (SSSR count). The molecule has 6 nitrogen and oxygen atoms in total. The van der Waals surface area contributed by atoms with Crippen LogP contribution in [-0.4, -0.2) is 38.2 Å². The first-order valence-corrected chi connectivity index (χ1v) is 9.84. The fourth-order valence-electron chi connectivity index (χ4n) is 3.19. The monoisotopic (exact) mass is 526 g/mol. The number of amides is 1. The Morgan fingerprint density at radius 3 is 2.70 bits per heavy atom. The summed E-state index contributed by atoms with van der Waals surface area (Å²) in [6.45, 7) is 1.84. The molecule has 2 aromatic carbocycles. The molecule has 8 heteroatoms. The van der Waals surface area contributed by atoms with Crippen LogP contribution in [0.4, 0.5) is 10.1 Å². The fourth-order valence-corrected chi connectivity index (χ4v) is 3.19. The molecule has 0 radical (unpaired) electrons. The van der Waals surface area contributed by atoms with Crippen molar-refractivity contribution in [2.75, 3.05) is 25.5 Å². The summed E-state index contributed by atoms with van der Waals surface area (Å²) in [5, 5.41) is 9.38. The van der Waals surface area contributed by atoms with Crippen LogP contribution < -0.4 is 16.0 Å². The van der Waals surface area contributed by atoms with Gasteiger partial charge in [-0.25, -0.2) is 4.39 Å². The molecule has 2 aromatic rings. The Balaban J connectivity index is 0.00000320. The Kier molecular flexibility index (Phi) is 10.0. The number of nitrogens with one attached hydrogen (secondary N) is 3. The van der Waals surface area contributed by atoms with Gasteiger partial charge in [0.25, 0.3) is 5.91 Å². The van der Waals surface area contributed by atoms with Crippen molar-refractivity contribution in [3.63, 3.8) is 0 Å². The van der Waals surface area contributed by atoms with Crippen LogP contribution in [0.15, 0.2) is 53.5 Å². The summed E-state index contributed by atoms with van der Waals surface area (Å²) in [5.74, 6) is 0.342. The van der Waals surface area contributed by atoms with Crippen LogP contribution in [0.2, 0.25) is 0 Å². The number of carbonyl (C=O) groups is 1. The molecule has 0 saturated carbocycles. The Bertz CT molecular complexity index is 857. The quantitative estimate of drug-likeness (QED) is 0.294. The SMILES string of the molecule is CN=C(NCCc1cccc(F)c1)NCc1cccc(NC(=O)C2CCCO2)c1.I. The highest BCUT2D eigenvalue weighted by atomic mass is 127. The van der Waals surface area contributed by atoms with Crippen LogP contribution >= 0.6 is 24.0 Å². The summed E-state index contributed by atoms with van der Waals surface area (Å²) in [6.07, 6.45) is 2.04. The predicted molar refractivity (Wildman–Crippen MR) is 128 cm³/mol. The van der Waals surface area contributed by atoms with Crippen LogP contribution in [0.5, 0.6) is 0 Å². The van der Waals surface area contributed by atoms with Gasteiger partial charge in [0, 0.05) is 32.4 Å². The largest absolute Gasteiger partial charge is 0.368 e. The Morgan fingerprint density at radius 1 is 1.17 bits per heavy atom. The van der Waals surface area contributed by atoms with Crippen molar-refractivity contribution in [2.45, 2.75) is 31.9 Å². The van der Waals surface area contributed by atoms with E-state index in [9.17, 15) is 9.18 Å². The number of halogens is 2. The Labute approximate surface area is 193 Å². The molecule has 1 unspecified atom stereocenters. The minimum absolute atomic E-state index is 0. The minimum Gasteiger partial charge on any atom is -0.368 e. The highest BCUT2D eigenvalue weighted by Crippen LogP contribution is 2.16. The number of guanidine groups is 1. The van der Waals surface area contributed by atoms with E-state index >= 15 is 0 Å². The van der Waals surface area contributed by atoms with Gasteiger partial charge in [0.05, 0.1) is 0 Å². The van der Waals surface area contributed by atoms with Gasteiger partial charge in [-0.2, -0.15) is 0 Å². The van der Waals surface area contributed by atoms with E-state index in [1.54, 1.807) is 13.1 Å². The lowest BCUT2D eigenvalue weighted by molar-refractivity contribution is -0.124. The second-order valence-electron chi connectivity index (χ2n) is 6.92. The molecule has 1 aliphatic heterocycles. The van der Waals surface area contributed by atoms with E-state index in [2.05, 4.69) is 20.9 Å². The molecule has 1 saturated heterocycles. The number of benzene rings is 2. The number of hydrogen-bond donors (Lipinski definition) is 3. The van der Waals surface area contributed by atoms with E-state index in [-0.39, 0.29) is 41.8 Å². The summed E-state index contributed by atoms with van der Waals surface area (Å²) < 4.78 is 18.7. The topological polar surface area (TPSA) is 74.8 Å². The zero-order valence-corrected chi connectivity index (χ0v) is 19.3. The van der Waals surface area contributed by atoms with Crippen molar-refractivity contribution in [1.82, 2.24) is 10.6 Å². The van der Waals surface area contributed by atoms with Crippen LogP contribution in [0.3, 0.4) is 0 Å². The molecule has 1 heterocycles. The number of anilines is 1. The third-order valence-corrected chi connectivity index (χ3v) is 4.70. The molecule has 0 bridgehead atoms. The zero-order chi connectivity index (χ0) is 20.5. The zero-order valence-electron chi connectivity index (χ0n) is 17.0. The average molecular weight is 526 g/mol. The lowest BCUT2D eigenvalue weighted by atomic mass is 10.1. The predicted octanol–water partition coefficient (Wildman–Crippen LogP) is 3.47. The summed E-state index contributed by atoms with van der Waals surface area (Å²) in [5.41, 5.74) is 2.70. The molecule has 1 atom stereocenters. The smallest absolute Gasteiger partial charge is 0.253 e. The van der Waals surface area contributed by atoms with Crippen LogP contribution in [0.1, 0.15) is 24.0 Å². The van der Waals surface area contributed by atoms with Gasteiger partial charge in [-0.3, -0.25) is 9.79 Å². The lowest BCUT2D eigenvalue weighted by Crippen LogP contribution is -2.37. The molecule has 30 heavy (non-hydrogen) atoms. The number of nitrogens with zero attached hydrogens (tertiary/aromatic N) is 1. The third kappa shape index (κ3) is 7.56. The summed E-state index contributed by atoms with van der Waals surface area (Å²) in [6, 6.07) is 14.3. The van der Waals surface area contributed by atoms with E-state index in [1.807, 2.05) is 30.3 Å². The number of rotatable bonds is 7. The van der Waals surface area contributed by atoms with Gasteiger partial charge in [-0.05, 0) is 54.7 Å². The normalized spacial score (nSPS) is 15.9. The highest BCUT2D eigenvalue weighted by molar-refractivity contribution is 14.0. The molecule has 1 amide bonds. The van der Waals surface area contributed by atoms with Gasteiger partial charge < -0.3 is 20.7 Å². The lowest BCUT2D eigenvalue weighted by Gasteiger charge is -2.14. The van der Waals surface area contributed by atoms with Crippen LogP contribution in [0.25, 0.3) is 0 Å². The number of ether oxygens (including phenoxy) is 1. The van der Waals surface area contributed by atoms with Gasteiger partial charge in [0.2, 0.25) is 0 Å². The second kappa shape index (κ2) is 12.5. The van der Waals surface area contributed by atoms with E-state index in [0.29, 0.717) is 32.1 Å². The van der Waals surface area contributed by atoms with E-state index in [1.165, 1.54) is 12.1 Å². The van der Waals surface area contributed by atoms with Crippen LogP contribution in [-0.2, 0) is 22.5 Å². The second-order valence-corrected chi connectivity index (χ2v) is 6.92. The maximum atomic E-state index is 13.2. The third-order valence-electron chi connectivity index (χ3n) is 4.70. The Morgan fingerprint density at radius 2 is 1.97 bits per heavy atom. The first kappa shape index (κ1) is 24.1. The molecule has 1 fully saturated rings. The van der Waals surface area contributed by atoms with Gasteiger partial charge >= 0.3 is 0 Å². The molecule has 3 N–H and O–H groups in total. The number of hydrogen-bond acceptors (Lipinski definition) is 3. The van der Waals surface area contributed by atoms with Crippen molar-refractivity contribution in [3.8, 4) is 0 Å². The maximum absolute atomic E-state index is 13.2. The summed E-state index contributed by atoms with van der Waals surface area (Å²) in [7, 11) is 1.70. The van der Waals surface area contributed by atoms with Crippen molar-refractivity contribution in [3.05, 3.63) is 65.5 Å². The van der Waals surface area contributed by atoms with Gasteiger partial charge in [-0.15, -0.1) is 24.0 Å². The minimum atomic E-state index is -0.349.